The number of fused-ring (bicyclic) bond motifs is 1. The molecule has 2 amide bonds. The predicted molar refractivity (Wildman–Crippen MR) is 91.2 cm³/mol. The summed E-state index contributed by atoms with van der Waals surface area (Å²) in [6.45, 7) is 1.77. The van der Waals surface area contributed by atoms with Gasteiger partial charge in [0.2, 0.25) is 5.91 Å². The van der Waals surface area contributed by atoms with Gasteiger partial charge in [0.25, 0.3) is 5.91 Å². The van der Waals surface area contributed by atoms with Gasteiger partial charge in [-0.25, -0.2) is 5.48 Å². The third-order valence-electron chi connectivity index (χ3n) is 4.19. The van der Waals surface area contributed by atoms with Gasteiger partial charge in [0.15, 0.2) is 0 Å². The number of benzene rings is 1. The van der Waals surface area contributed by atoms with E-state index in [0.29, 0.717) is 25.1 Å². The second-order valence-electron chi connectivity index (χ2n) is 6.19. The minimum absolute atomic E-state index is 0.0720. The van der Waals surface area contributed by atoms with Crippen LogP contribution in [0.1, 0.15) is 34.8 Å². The van der Waals surface area contributed by atoms with E-state index in [9.17, 15) is 22.8 Å². The minimum atomic E-state index is -4.69. The Morgan fingerprint density at radius 2 is 2.04 bits per heavy atom. The molecule has 0 saturated carbocycles. The first-order valence-electron chi connectivity index (χ1n) is 8.10. The molecule has 1 aromatic carbocycles. The lowest BCUT2D eigenvalue weighted by molar-refractivity contribution is -0.130. The highest BCUT2D eigenvalue weighted by molar-refractivity contribution is 6.04. The zero-order chi connectivity index (χ0) is 20.2. The average molecular weight is 384 g/mol. The van der Waals surface area contributed by atoms with Crippen LogP contribution < -0.4 is 5.48 Å². The molecule has 2 rings (SSSR count). The van der Waals surface area contributed by atoms with Crippen LogP contribution in [0.4, 0.5) is 13.2 Å². The number of alkyl halides is 3. The number of hydroxylamine groups is 1. The topological polar surface area (TPSA) is 106 Å². The van der Waals surface area contributed by atoms with E-state index < -0.39 is 24.2 Å². The summed E-state index contributed by atoms with van der Waals surface area (Å²) in [7, 11) is 0. The van der Waals surface area contributed by atoms with E-state index in [2.05, 4.69) is 4.99 Å². The van der Waals surface area contributed by atoms with Gasteiger partial charge in [-0.05, 0) is 36.6 Å². The number of carbonyl (C=O) groups is 2. The summed E-state index contributed by atoms with van der Waals surface area (Å²) in [5, 5.41) is 15.6. The monoisotopic (exact) mass is 384 g/mol. The first kappa shape index (κ1) is 20.6. The molecule has 146 valence electrons. The van der Waals surface area contributed by atoms with Crippen molar-refractivity contribution >= 4 is 23.2 Å². The smallest absolute Gasteiger partial charge is 0.336 e. The molecule has 0 aliphatic carbocycles. The zero-order valence-electron chi connectivity index (χ0n) is 14.6. The van der Waals surface area contributed by atoms with Crippen LogP contribution in [0, 0.1) is 5.41 Å². The van der Waals surface area contributed by atoms with Gasteiger partial charge in [0.1, 0.15) is 12.3 Å². The largest absolute Gasteiger partial charge is 0.429 e. The van der Waals surface area contributed by atoms with Crippen molar-refractivity contribution in [2.24, 2.45) is 4.99 Å². The molecule has 0 atom stereocenters. The molecule has 0 unspecified atom stereocenters. The zero-order valence-corrected chi connectivity index (χ0v) is 14.6. The van der Waals surface area contributed by atoms with Crippen molar-refractivity contribution in [1.29, 1.82) is 5.41 Å². The predicted octanol–water partition coefficient (Wildman–Crippen LogP) is 2.12. The lowest BCUT2D eigenvalue weighted by atomic mass is 9.97. The van der Waals surface area contributed by atoms with Gasteiger partial charge in [-0.1, -0.05) is 6.07 Å². The van der Waals surface area contributed by atoms with Crippen LogP contribution in [0.3, 0.4) is 0 Å². The molecular formula is C17H19F3N4O3. The van der Waals surface area contributed by atoms with Crippen LogP contribution >= 0.6 is 0 Å². The van der Waals surface area contributed by atoms with Gasteiger partial charge in [-0.15, -0.1) is 0 Å². The Morgan fingerprint density at radius 3 is 2.67 bits per heavy atom. The van der Waals surface area contributed by atoms with Crippen molar-refractivity contribution in [1.82, 2.24) is 10.4 Å². The van der Waals surface area contributed by atoms with Gasteiger partial charge in [0, 0.05) is 30.8 Å². The molecule has 0 bridgehead atoms. The molecule has 0 saturated heterocycles. The third kappa shape index (κ3) is 5.36. The Morgan fingerprint density at radius 1 is 1.33 bits per heavy atom. The quantitative estimate of drug-likeness (QED) is 0.411. The number of halogens is 3. The SMILES string of the molecule is CC(CC(=N)C(F)(F)F)=NCC(=O)N1CCc2cc(C(=O)NO)ccc2C1. The molecule has 0 aromatic heterocycles. The lowest BCUT2D eigenvalue weighted by Gasteiger charge is -2.28. The summed E-state index contributed by atoms with van der Waals surface area (Å²) >= 11 is 0. The summed E-state index contributed by atoms with van der Waals surface area (Å²) in [6.07, 6.45) is -4.83. The van der Waals surface area contributed by atoms with E-state index in [1.54, 1.807) is 22.5 Å². The summed E-state index contributed by atoms with van der Waals surface area (Å²) in [4.78, 5) is 29.1. The van der Waals surface area contributed by atoms with Crippen molar-refractivity contribution in [2.45, 2.75) is 32.5 Å². The number of rotatable bonds is 5. The van der Waals surface area contributed by atoms with Gasteiger partial charge in [-0.2, -0.15) is 13.2 Å². The highest BCUT2D eigenvalue weighted by atomic mass is 19.4. The van der Waals surface area contributed by atoms with Gasteiger partial charge < -0.3 is 10.3 Å². The van der Waals surface area contributed by atoms with Crippen molar-refractivity contribution < 1.29 is 28.0 Å². The number of aliphatic imine (C=N–C) groups is 1. The standard InChI is InChI=1S/C17H19F3N4O3/c1-10(6-14(21)17(18,19)20)22-8-15(25)24-5-4-11-7-12(16(26)23-27)2-3-13(11)9-24/h2-3,7,21,27H,4-6,8-9H2,1H3,(H,23,26). The number of hydrogen-bond acceptors (Lipinski definition) is 5. The van der Waals surface area contributed by atoms with E-state index in [0.717, 1.165) is 11.1 Å². The van der Waals surface area contributed by atoms with Crippen LogP contribution in [-0.2, 0) is 17.8 Å². The van der Waals surface area contributed by atoms with Crippen LogP contribution in [-0.4, -0.2) is 52.6 Å². The van der Waals surface area contributed by atoms with E-state index in [-0.39, 0.29) is 18.2 Å². The van der Waals surface area contributed by atoms with Gasteiger partial charge in [-0.3, -0.25) is 19.8 Å². The maximum absolute atomic E-state index is 12.3. The third-order valence-corrected chi connectivity index (χ3v) is 4.19. The maximum Gasteiger partial charge on any atom is 0.429 e. The number of hydrogen-bond donors (Lipinski definition) is 3. The Balaban J connectivity index is 1.96. The first-order chi connectivity index (χ1) is 12.6. The minimum Gasteiger partial charge on any atom is -0.336 e. The molecule has 0 spiro atoms. The fourth-order valence-electron chi connectivity index (χ4n) is 2.69. The van der Waals surface area contributed by atoms with Crippen LogP contribution in [0.25, 0.3) is 0 Å². The molecule has 0 fully saturated rings. The van der Waals surface area contributed by atoms with Crippen LogP contribution in [0.2, 0.25) is 0 Å². The van der Waals surface area contributed by atoms with Crippen molar-refractivity contribution in [3.05, 3.63) is 34.9 Å². The Bertz CT molecular complexity index is 790. The Labute approximate surface area is 153 Å². The van der Waals surface area contributed by atoms with Crippen molar-refractivity contribution in [3.63, 3.8) is 0 Å². The van der Waals surface area contributed by atoms with Crippen LogP contribution in [0.15, 0.2) is 23.2 Å². The van der Waals surface area contributed by atoms with Crippen LogP contribution in [0.5, 0.6) is 0 Å². The molecule has 27 heavy (non-hydrogen) atoms. The number of amides is 2. The molecule has 7 nitrogen and oxygen atoms in total. The highest BCUT2D eigenvalue weighted by Gasteiger charge is 2.34. The maximum atomic E-state index is 12.3. The Kier molecular flexibility index (Phi) is 6.32. The van der Waals surface area contributed by atoms with Gasteiger partial charge in [0.05, 0.1) is 0 Å². The number of nitrogens with one attached hydrogen (secondary N) is 2. The van der Waals surface area contributed by atoms with E-state index >= 15 is 0 Å². The van der Waals surface area contributed by atoms with E-state index in [4.69, 9.17) is 10.6 Å². The second-order valence-corrected chi connectivity index (χ2v) is 6.19. The van der Waals surface area contributed by atoms with Crippen molar-refractivity contribution in [2.75, 3.05) is 13.1 Å². The molecule has 3 N–H and O–H groups in total. The van der Waals surface area contributed by atoms with E-state index in [1.807, 2.05) is 0 Å². The molecule has 10 heteroatoms. The second kappa shape index (κ2) is 8.30. The number of nitrogens with zero attached hydrogens (tertiary/aromatic N) is 2. The highest BCUT2D eigenvalue weighted by Crippen LogP contribution is 2.21. The van der Waals surface area contributed by atoms with Crippen molar-refractivity contribution in [3.8, 4) is 0 Å². The number of carbonyl (C=O) groups excluding carboxylic acids is 2. The molecule has 1 aliphatic heterocycles. The summed E-state index contributed by atoms with van der Waals surface area (Å²) < 4.78 is 37.0. The fraction of sp³-hybridized carbons (Fsp3) is 0.412. The summed E-state index contributed by atoms with van der Waals surface area (Å²) in [6, 6.07) is 4.87. The summed E-state index contributed by atoms with van der Waals surface area (Å²) in [5.74, 6) is -0.943. The molecule has 1 aromatic rings. The summed E-state index contributed by atoms with van der Waals surface area (Å²) in [5.41, 5.74) is 2.28. The fourth-order valence-corrected chi connectivity index (χ4v) is 2.69. The molecular weight excluding hydrogens is 365 g/mol. The van der Waals surface area contributed by atoms with Gasteiger partial charge >= 0.3 is 6.18 Å². The Hall–Kier alpha value is -2.75. The first-order valence-corrected chi connectivity index (χ1v) is 8.10. The van der Waals surface area contributed by atoms with E-state index in [1.165, 1.54) is 13.0 Å². The lowest BCUT2D eigenvalue weighted by Crippen LogP contribution is -2.37. The molecule has 0 radical (unpaired) electrons. The average Bonchev–Trinajstić information content (AvgIpc) is 2.63. The normalized spacial score (nSPS) is 14.6. The molecule has 1 aliphatic rings. The molecule has 1 heterocycles.